The first-order valence-corrected chi connectivity index (χ1v) is 13.3. The third kappa shape index (κ3) is 5.96. The van der Waals surface area contributed by atoms with Gasteiger partial charge in [0.05, 0.1) is 9.79 Å². The molecule has 0 radical (unpaired) electrons. The van der Waals surface area contributed by atoms with Crippen molar-refractivity contribution in [2.24, 2.45) is 0 Å². The predicted octanol–water partition coefficient (Wildman–Crippen LogP) is 7.91. The van der Waals surface area contributed by atoms with Gasteiger partial charge >= 0.3 is 0 Å². The molecule has 0 atom stereocenters. The molecule has 0 aliphatic carbocycles. The van der Waals surface area contributed by atoms with Crippen molar-refractivity contribution in [3.05, 3.63) is 127 Å². The first-order valence-electron chi connectivity index (χ1n) is 11.8. The molecule has 5 aromatic carbocycles. The Labute approximate surface area is 221 Å². The highest BCUT2D eigenvalue weighted by molar-refractivity contribution is 7.91. The van der Waals surface area contributed by atoms with Crippen molar-refractivity contribution >= 4 is 9.84 Å². The van der Waals surface area contributed by atoms with Crippen LogP contribution in [0.25, 0.3) is 0 Å². The molecule has 0 saturated carbocycles. The highest BCUT2D eigenvalue weighted by Crippen LogP contribution is 2.30. The summed E-state index contributed by atoms with van der Waals surface area (Å²) in [7, 11) is -3.69. The maximum absolute atomic E-state index is 12.8. The zero-order chi connectivity index (χ0) is 26.5. The quantitative estimate of drug-likeness (QED) is 0.222. The molecule has 0 fully saturated rings. The number of phenols is 1. The van der Waals surface area contributed by atoms with Crippen molar-refractivity contribution in [3.63, 3.8) is 0 Å². The Kier molecular flexibility index (Phi) is 7.02. The highest BCUT2D eigenvalue weighted by atomic mass is 32.2. The number of aryl methyl sites for hydroxylation is 1. The van der Waals surface area contributed by atoms with Gasteiger partial charge in [-0.25, -0.2) is 8.42 Å². The van der Waals surface area contributed by atoms with Gasteiger partial charge in [0, 0.05) is 0 Å². The number of sulfone groups is 1. The summed E-state index contributed by atoms with van der Waals surface area (Å²) in [6.07, 6.45) is 0. The van der Waals surface area contributed by atoms with Gasteiger partial charge in [0.1, 0.15) is 40.2 Å². The average molecular weight is 525 g/mol. The van der Waals surface area contributed by atoms with Crippen LogP contribution < -0.4 is 14.2 Å². The lowest BCUT2D eigenvalue weighted by Crippen LogP contribution is -2.01. The van der Waals surface area contributed by atoms with Gasteiger partial charge in [-0.15, -0.1) is 0 Å². The van der Waals surface area contributed by atoms with Gasteiger partial charge in [0.2, 0.25) is 9.84 Å². The van der Waals surface area contributed by atoms with Crippen LogP contribution >= 0.6 is 0 Å². The summed E-state index contributed by atoms with van der Waals surface area (Å²) in [5, 5.41) is 9.40. The van der Waals surface area contributed by atoms with Gasteiger partial charge < -0.3 is 19.3 Å². The molecule has 0 heterocycles. The summed E-state index contributed by atoms with van der Waals surface area (Å²) >= 11 is 0. The normalized spacial score (nSPS) is 11.1. The maximum Gasteiger partial charge on any atom is 0.206 e. The minimum Gasteiger partial charge on any atom is -0.508 e. The van der Waals surface area contributed by atoms with Gasteiger partial charge in [-0.1, -0.05) is 17.7 Å². The second-order valence-electron chi connectivity index (χ2n) is 8.53. The zero-order valence-corrected chi connectivity index (χ0v) is 21.3. The number of hydrogen-bond acceptors (Lipinski definition) is 6. The second kappa shape index (κ2) is 10.7. The van der Waals surface area contributed by atoms with Crippen molar-refractivity contribution in [1.29, 1.82) is 0 Å². The summed E-state index contributed by atoms with van der Waals surface area (Å²) in [6.45, 7) is 2.03. The van der Waals surface area contributed by atoms with E-state index in [1.165, 1.54) is 42.0 Å². The van der Waals surface area contributed by atoms with E-state index in [0.29, 0.717) is 28.7 Å². The van der Waals surface area contributed by atoms with Gasteiger partial charge in [-0.3, -0.25) is 0 Å². The van der Waals surface area contributed by atoms with Crippen LogP contribution in [0, 0.1) is 6.92 Å². The molecule has 0 amide bonds. The van der Waals surface area contributed by atoms with Crippen LogP contribution in [0.3, 0.4) is 0 Å². The van der Waals surface area contributed by atoms with Gasteiger partial charge in [-0.05, 0) is 116 Å². The summed E-state index contributed by atoms with van der Waals surface area (Å²) in [5.41, 5.74) is 1.17. The van der Waals surface area contributed by atoms with Crippen molar-refractivity contribution in [3.8, 4) is 40.2 Å². The van der Waals surface area contributed by atoms with Gasteiger partial charge in [-0.2, -0.15) is 0 Å². The van der Waals surface area contributed by atoms with E-state index >= 15 is 0 Å². The van der Waals surface area contributed by atoms with Crippen LogP contribution in [0.4, 0.5) is 0 Å². The smallest absolute Gasteiger partial charge is 0.206 e. The molecule has 0 aromatic heterocycles. The lowest BCUT2D eigenvalue weighted by atomic mass is 10.2. The van der Waals surface area contributed by atoms with E-state index in [0.717, 1.165) is 5.75 Å². The molecular weight excluding hydrogens is 500 g/mol. The molecule has 0 saturated heterocycles. The SMILES string of the molecule is Cc1ccc(Oc2ccc(Oc3ccc(Oc4ccc(S(=O)(=O)c5ccc(O)cc5)cc4)cc3)cc2)cc1. The monoisotopic (exact) mass is 524 g/mol. The molecule has 0 unspecified atom stereocenters. The number of aromatic hydroxyl groups is 1. The molecule has 38 heavy (non-hydrogen) atoms. The van der Waals surface area contributed by atoms with Crippen molar-refractivity contribution < 1.29 is 27.7 Å². The van der Waals surface area contributed by atoms with Crippen molar-refractivity contribution in [2.45, 2.75) is 16.7 Å². The highest BCUT2D eigenvalue weighted by Gasteiger charge is 2.17. The number of benzene rings is 5. The average Bonchev–Trinajstić information content (AvgIpc) is 2.93. The van der Waals surface area contributed by atoms with Crippen LogP contribution in [-0.2, 0) is 9.84 Å². The zero-order valence-electron chi connectivity index (χ0n) is 20.4. The Bertz CT molecular complexity index is 1610. The molecule has 0 aliphatic heterocycles. The molecule has 0 aliphatic rings. The Morgan fingerprint density at radius 1 is 0.447 bits per heavy atom. The number of hydrogen-bond donors (Lipinski definition) is 1. The van der Waals surface area contributed by atoms with Crippen LogP contribution in [0.2, 0.25) is 0 Å². The number of ether oxygens (including phenoxy) is 3. The molecule has 7 heteroatoms. The van der Waals surface area contributed by atoms with Gasteiger partial charge in [0.25, 0.3) is 0 Å². The minimum absolute atomic E-state index is 0.00510. The molecule has 6 nitrogen and oxygen atoms in total. The third-order valence-corrected chi connectivity index (χ3v) is 7.44. The van der Waals surface area contributed by atoms with Crippen LogP contribution in [-0.4, -0.2) is 13.5 Å². The molecule has 190 valence electrons. The first kappa shape index (κ1) is 24.9. The summed E-state index contributed by atoms with van der Waals surface area (Å²) < 4.78 is 43.2. The molecular formula is C31H24O6S. The van der Waals surface area contributed by atoms with E-state index in [4.69, 9.17) is 14.2 Å². The second-order valence-corrected chi connectivity index (χ2v) is 10.5. The lowest BCUT2D eigenvalue weighted by molar-refractivity contribution is 0.464. The molecule has 5 aromatic rings. The van der Waals surface area contributed by atoms with Crippen molar-refractivity contribution in [1.82, 2.24) is 0 Å². The van der Waals surface area contributed by atoms with Crippen molar-refractivity contribution in [2.75, 3.05) is 0 Å². The fourth-order valence-corrected chi connectivity index (χ4v) is 4.88. The summed E-state index contributed by atoms with van der Waals surface area (Å²) in [6, 6.07) is 33.9. The standard InChI is InChI=1S/C31H24O6S/c1-22-2-6-24(7-3-22)35-25-8-10-26(11-9-25)36-27-12-14-28(15-13-27)37-29-16-20-31(21-17-29)38(33,34)30-18-4-23(32)5-19-30/h2-21,32H,1H3. The maximum atomic E-state index is 12.8. The Morgan fingerprint density at radius 3 is 1.05 bits per heavy atom. The van der Waals surface area contributed by atoms with E-state index in [2.05, 4.69) is 0 Å². The first-order chi connectivity index (χ1) is 18.3. The van der Waals surface area contributed by atoms with E-state index in [9.17, 15) is 13.5 Å². The third-order valence-electron chi connectivity index (χ3n) is 5.66. The predicted molar refractivity (Wildman–Crippen MR) is 144 cm³/mol. The summed E-state index contributed by atoms with van der Waals surface area (Å²) in [4.78, 5) is 0.238. The van der Waals surface area contributed by atoms with Gasteiger partial charge in [0.15, 0.2) is 0 Å². The number of rotatable bonds is 8. The number of phenolic OH excluding ortho intramolecular Hbond substituents is 1. The van der Waals surface area contributed by atoms with E-state index in [1.54, 1.807) is 36.4 Å². The molecule has 0 bridgehead atoms. The fourth-order valence-electron chi connectivity index (χ4n) is 3.61. The van der Waals surface area contributed by atoms with E-state index in [-0.39, 0.29) is 15.5 Å². The van der Waals surface area contributed by atoms with E-state index in [1.807, 2.05) is 55.5 Å². The molecule has 0 spiro atoms. The lowest BCUT2D eigenvalue weighted by Gasteiger charge is -2.10. The summed E-state index contributed by atoms with van der Waals surface area (Å²) in [5.74, 6) is 3.87. The molecule has 5 rings (SSSR count). The van der Waals surface area contributed by atoms with Crippen LogP contribution in [0.15, 0.2) is 131 Å². The largest absolute Gasteiger partial charge is 0.508 e. The molecule has 1 N–H and O–H groups in total. The fraction of sp³-hybridized carbons (Fsp3) is 0.0323. The topological polar surface area (TPSA) is 82.1 Å². The Balaban J connectivity index is 1.19. The Morgan fingerprint density at radius 2 is 0.711 bits per heavy atom. The van der Waals surface area contributed by atoms with Crippen LogP contribution in [0.5, 0.6) is 40.2 Å². The van der Waals surface area contributed by atoms with Crippen LogP contribution in [0.1, 0.15) is 5.56 Å². The minimum atomic E-state index is -3.69. The Hall–Kier alpha value is -4.75. The van der Waals surface area contributed by atoms with E-state index < -0.39 is 9.84 Å².